The Bertz CT molecular complexity index is 1150. The molecule has 0 aliphatic heterocycles. The predicted molar refractivity (Wildman–Crippen MR) is 142 cm³/mol. The molecule has 0 bridgehead atoms. The van der Waals surface area contributed by atoms with Gasteiger partial charge in [-0.25, -0.2) is 5.43 Å². The van der Waals surface area contributed by atoms with Crippen LogP contribution in [0.2, 0.25) is 0 Å². The van der Waals surface area contributed by atoms with Crippen molar-refractivity contribution in [2.24, 2.45) is 5.10 Å². The van der Waals surface area contributed by atoms with Gasteiger partial charge in [-0.2, -0.15) is 5.10 Å². The highest BCUT2D eigenvalue weighted by Crippen LogP contribution is 2.32. The minimum atomic E-state index is -0.231. The summed E-state index contributed by atoms with van der Waals surface area (Å²) >= 11 is 1.30. The van der Waals surface area contributed by atoms with Crippen molar-refractivity contribution in [2.75, 3.05) is 26.6 Å². The molecule has 0 aliphatic carbocycles. The normalized spacial score (nSPS) is 11.0. The zero-order valence-electron chi connectivity index (χ0n) is 21.2. The van der Waals surface area contributed by atoms with E-state index in [1.807, 2.05) is 54.0 Å². The van der Waals surface area contributed by atoms with Crippen LogP contribution in [0.5, 0.6) is 17.2 Å². The van der Waals surface area contributed by atoms with Crippen LogP contribution in [0.3, 0.4) is 0 Å². The lowest BCUT2D eigenvalue weighted by Gasteiger charge is -2.10. The monoisotopic (exact) mass is 511 g/mol. The highest BCUT2D eigenvalue weighted by molar-refractivity contribution is 7.99. The van der Waals surface area contributed by atoms with E-state index in [0.717, 1.165) is 29.9 Å². The fourth-order valence-corrected chi connectivity index (χ4v) is 4.20. The Labute approximate surface area is 216 Å². The minimum absolute atomic E-state index is 0.159. The van der Waals surface area contributed by atoms with Crippen molar-refractivity contribution in [3.63, 3.8) is 0 Å². The number of hydrogen-bond acceptors (Lipinski definition) is 8. The maximum Gasteiger partial charge on any atom is 0.250 e. The Morgan fingerprint density at radius 3 is 2.53 bits per heavy atom. The molecule has 36 heavy (non-hydrogen) atoms. The van der Waals surface area contributed by atoms with Gasteiger partial charge in [-0.15, -0.1) is 10.2 Å². The van der Waals surface area contributed by atoms with Crippen LogP contribution in [0, 0.1) is 0 Å². The molecule has 10 heteroatoms. The Hall–Kier alpha value is -3.53. The van der Waals surface area contributed by atoms with Gasteiger partial charge in [0.05, 0.1) is 32.8 Å². The molecule has 1 N–H and O–H groups in total. The van der Waals surface area contributed by atoms with Gasteiger partial charge in [0, 0.05) is 12.1 Å². The number of thioether (sulfide) groups is 1. The second kappa shape index (κ2) is 14.1. The van der Waals surface area contributed by atoms with E-state index in [9.17, 15) is 4.79 Å². The van der Waals surface area contributed by atoms with Crippen LogP contribution in [-0.2, 0) is 11.3 Å². The summed E-state index contributed by atoms with van der Waals surface area (Å²) in [5.74, 6) is 2.70. The molecule has 192 valence electrons. The van der Waals surface area contributed by atoms with Gasteiger partial charge in [-0.3, -0.25) is 4.79 Å². The molecule has 3 aromatic rings. The zero-order valence-corrected chi connectivity index (χ0v) is 22.0. The molecule has 0 radical (unpaired) electrons. The number of benzene rings is 2. The van der Waals surface area contributed by atoms with Crippen molar-refractivity contribution in [1.82, 2.24) is 20.2 Å². The Balaban J connectivity index is 1.52. The number of hydrazone groups is 1. The fourth-order valence-electron chi connectivity index (χ4n) is 3.40. The van der Waals surface area contributed by atoms with Crippen LogP contribution in [0.25, 0.3) is 11.4 Å². The number of hydrogen-bond donors (Lipinski definition) is 1. The Morgan fingerprint density at radius 2 is 1.83 bits per heavy atom. The molecule has 0 aliphatic rings. The van der Waals surface area contributed by atoms with Crippen LogP contribution in [0.4, 0.5) is 0 Å². The average Bonchev–Trinajstić information content (AvgIpc) is 3.33. The summed E-state index contributed by atoms with van der Waals surface area (Å²) in [7, 11) is 3.19. The van der Waals surface area contributed by atoms with Crippen molar-refractivity contribution >= 4 is 23.9 Å². The summed E-state index contributed by atoms with van der Waals surface area (Å²) in [6.45, 7) is 5.54. The van der Waals surface area contributed by atoms with E-state index in [2.05, 4.69) is 27.6 Å². The molecule has 1 heterocycles. The summed E-state index contributed by atoms with van der Waals surface area (Å²) in [5.41, 5.74) is 4.28. The summed E-state index contributed by atoms with van der Waals surface area (Å²) in [5, 5.41) is 13.3. The first kappa shape index (κ1) is 27.1. The smallest absolute Gasteiger partial charge is 0.250 e. The third kappa shape index (κ3) is 7.48. The van der Waals surface area contributed by atoms with E-state index < -0.39 is 0 Å². The summed E-state index contributed by atoms with van der Waals surface area (Å²) in [6, 6.07) is 13.2. The number of ether oxygens (including phenoxy) is 3. The first-order chi connectivity index (χ1) is 17.6. The van der Waals surface area contributed by atoms with E-state index in [4.69, 9.17) is 14.2 Å². The highest BCUT2D eigenvalue weighted by Gasteiger charge is 2.16. The van der Waals surface area contributed by atoms with E-state index in [0.29, 0.717) is 29.0 Å². The number of unbranched alkanes of at least 4 members (excludes halogenated alkanes) is 2. The number of carbonyl (C=O) groups is 1. The number of aromatic nitrogens is 3. The lowest BCUT2D eigenvalue weighted by Crippen LogP contribution is -2.20. The van der Waals surface area contributed by atoms with Crippen molar-refractivity contribution < 1.29 is 19.0 Å². The molecule has 0 saturated heterocycles. The lowest BCUT2D eigenvalue weighted by atomic mass is 10.2. The lowest BCUT2D eigenvalue weighted by molar-refractivity contribution is -0.118. The third-order valence-electron chi connectivity index (χ3n) is 5.31. The Kier molecular flexibility index (Phi) is 10.6. The van der Waals surface area contributed by atoms with E-state index in [1.165, 1.54) is 24.6 Å². The molecule has 9 nitrogen and oxygen atoms in total. The number of rotatable bonds is 14. The number of nitrogens with zero attached hydrogens (tertiary/aromatic N) is 4. The average molecular weight is 512 g/mol. The van der Waals surface area contributed by atoms with Crippen LogP contribution in [-0.4, -0.2) is 53.5 Å². The van der Waals surface area contributed by atoms with Gasteiger partial charge < -0.3 is 18.8 Å². The van der Waals surface area contributed by atoms with Crippen LogP contribution in [0.15, 0.2) is 52.7 Å². The largest absolute Gasteiger partial charge is 0.494 e. The summed E-state index contributed by atoms with van der Waals surface area (Å²) in [4.78, 5) is 12.3. The molecule has 1 aromatic heterocycles. The van der Waals surface area contributed by atoms with Crippen molar-refractivity contribution in [1.29, 1.82) is 0 Å². The molecule has 3 rings (SSSR count). The van der Waals surface area contributed by atoms with Gasteiger partial charge >= 0.3 is 0 Å². The summed E-state index contributed by atoms with van der Waals surface area (Å²) in [6.07, 6.45) is 4.99. The minimum Gasteiger partial charge on any atom is -0.494 e. The van der Waals surface area contributed by atoms with Gasteiger partial charge in [0.1, 0.15) is 5.75 Å². The molecule has 0 atom stereocenters. The first-order valence-electron chi connectivity index (χ1n) is 11.9. The van der Waals surface area contributed by atoms with Crippen molar-refractivity contribution in [3.05, 3.63) is 48.0 Å². The maximum absolute atomic E-state index is 12.3. The summed E-state index contributed by atoms with van der Waals surface area (Å²) < 4.78 is 18.4. The van der Waals surface area contributed by atoms with E-state index in [1.54, 1.807) is 20.4 Å². The third-order valence-corrected chi connectivity index (χ3v) is 6.27. The number of amides is 1. The van der Waals surface area contributed by atoms with Gasteiger partial charge in [-0.1, -0.05) is 31.5 Å². The predicted octanol–water partition coefficient (Wildman–Crippen LogP) is 4.79. The SMILES string of the molecule is CCCCCOc1ccc(/C=N/NC(=O)CSc2nnc(-c3ccc(OC)c(OC)c3)n2CC)cc1. The van der Waals surface area contributed by atoms with Gasteiger partial charge in [-0.05, 0) is 61.4 Å². The molecule has 1 amide bonds. The maximum atomic E-state index is 12.3. The topological polar surface area (TPSA) is 99.9 Å². The first-order valence-corrected chi connectivity index (χ1v) is 12.9. The zero-order chi connectivity index (χ0) is 25.8. The van der Waals surface area contributed by atoms with Crippen LogP contribution >= 0.6 is 11.8 Å². The molecule has 0 fully saturated rings. The van der Waals surface area contributed by atoms with E-state index in [-0.39, 0.29) is 11.7 Å². The molecule has 0 spiro atoms. The molecule has 0 unspecified atom stereocenters. The molecular weight excluding hydrogens is 478 g/mol. The van der Waals surface area contributed by atoms with Crippen molar-refractivity contribution in [2.45, 2.75) is 44.8 Å². The van der Waals surface area contributed by atoms with Gasteiger partial charge in [0.2, 0.25) is 0 Å². The van der Waals surface area contributed by atoms with Gasteiger partial charge in [0.25, 0.3) is 5.91 Å². The van der Waals surface area contributed by atoms with Gasteiger partial charge in [0.15, 0.2) is 22.5 Å². The molecule has 2 aromatic carbocycles. The van der Waals surface area contributed by atoms with Crippen LogP contribution < -0.4 is 19.6 Å². The van der Waals surface area contributed by atoms with Crippen molar-refractivity contribution in [3.8, 4) is 28.6 Å². The number of methoxy groups -OCH3 is 2. The second-order valence-corrected chi connectivity index (χ2v) is 8.77. The molecule has 0 saturated carbocycles. The molecular formula is C26H33N5O4S. The Morgan fingerprint density at radius 1 is 1.06 bits per heavy atom. The van der Waals surface area contributed by atoms with E-state index >= 15 is 0 Å². The quantitative estimate of drug-likeness (QED) is 0.144. The number of nitrogens with one attached hydrogen (secondary N) is 1. The van der Waals surface area contributed by atoms with Crippen LogP contribution in [0.1, 0.15) is 38.7 Å². The number of carbonyl (C=O) groups excluding carboxylic acids is 1. The second-order valence-electron chi connectivity index (χ2n) is 7.83. The highest BCUT2D eigenvalue weighted by atomic mass is 32.2. The fraction of sp³-hybridized carbons (Fsp3) is 0.385. The standard InChI is InChI=1S/C26H33N5O4S/c1-5-7-8-15-35-21-12-9-19(10-13-21)17-27-28-24(32)18-36-26-30-29-25(31(26)6-2)20-11-14-22(33-3)23(16-20)34-4/h9-14,16-17H,5-8,15,18H2,1-4H3,(H,28,32)/b27-17+.